The predicted octanol–water partition coefficient (Wildman–Crippen LogP) is 3.64. The van der Waals surface area contributed by atoms with Gasteiger partial charge < -0.3 is 0 Å². The molecule has 0 bridgehead atoms. The topological polar surface area (TPSA) is 17.1 Å². The number of hydrogen-bond donors (Lipinski definition) is 0. The van der Waals surface area contributed by atoms with Crippen LogP contribution < -0.4 is 0 Å². The highest BCUT2D eigenvalue weighted by Gasteiger charge is 2.27. The number of carbonyl (C=O) groups is 1. The molecule has 1 nitrogen and oxygen atoms in total. The van der Waals surface area contributed by atoms with Crippen LogP contribution in [0.3, 0.4) is 0 Å². The molecule has 0 aromatic rings. The van der Waals surface area contributed by atoms with Crippen LogP contribution in [0.4, 0.5) is 0 Å². The summed E-state index contributed by atoms with van der Waals surface area (Å²) in [7, 11) is 0. The molecule has 0 N–H and O–H groups in total. The van der Waals surface area contributed by atoms with Crippen LogP contribution in [0.1, 0.15) is 57.8 Å². The van der Waals surface area contributed by atoms with Gasteiger partial charge in [-0.05, 0) is 44.1 Å². The SMILES string of the molecule is O=C(C1=CCCCCCC1)C1CCC1. The van der Waals surface area contributed by atoms with Gasteiger partial charge in [-0.1, -0.05) is 25.3 Å². The van der Waals surface area contributed by atoms with Crippen molar-refractivity contribution in [3.8, 4) is 0 Å². The molecule has 0 aromatic heterocycles. The highest BCUT2D eigenvalue weighted by atomic mass is 16.1. The number of ketones is 1. The van der Waals surface area contributed by atoms with Gasteiger partial charge in [0.25, 0.3) is 0 Å². The van der Waals surface area contributed by atoms with Crippen molar-refractivity contribution in [2.24, 2.45) is 5.92 Å². The lowest BCUT2D eigenvalue weighted by Gasteiger charge is -2.25. The van der Waals surface area contributed by atoms with Crippen molar-refractivity contribution in [2.75, 3.05) is 0 Å². The molecule has 1 fully saturated rings. The Balaban J connectivity index is 1.95. The number of Topliss-reactive ketones (excluding diaryl/α,β-unsaturated/α-hetero) is 1. The Hall–Kier alpha value is -0.590. The summed E-state index contributed by atoms with van der Waals surface area (Å²) >= 11 is 0. The van der Waals surface area contributed by atoms with Crippen LogP contribution in [0, 0.1) is 5.92 Å². The fourth-order valence-corrected chi connectivity index (χ4v) is 2.35. The minimum atomic E-state index is 0.403. The summed E-state index contributed by atoms with van der Waals surface area (Å²) in [5, 5.41) is 0. The zero-order chi connectivity index (χ0) is 9.80. The average molecular weight is 192 g/mol. The first-order valence-corrected chi connectivity index (χ1v) is 6.11. The zero-order valence-corrected chi connectivity index (χ0v) is 8.93. The van der Waals surface area contributed by atoms with E-state index in [2.05, 4.69) is 6.08 Å². The smallest absolute Gasteiger partial charge is 0.161 e. The van der Waals surface area contributed by atoms with Crippen molar-refractivity contribution >= 4 is 5.78 Å². The zero-order valence-electron chi connectivity index (χ0n) is 8.93. The normalized spacial score (nSPS) is 24.4. The van der Waals surface area contributed by atoms with Crippen molar-refractivity contribution in [1.82, 2.24) is 0 Å². The van der Waals surface area contributed by atoms with Gasteiger partial charge in [-0.3, -0.25) is 4.79 Å². The molecule has 1 heteroatoms. The molecular weight excluding hydrogens is 172 g/mol. The Kier molecular flexibility index (Phi) is 3.39. The number of allylic oxidation sites excluding steroid dienone is 2. The molecule has 0 saturated heterocycles. The maximum absolute atomic E-state index is 12.0. The molecular formula is C13H20O. The first-order chi connectivity index (χ1) is 6.88. The van der Waals surface area contributed by atoms with E-state index in [0.717, 1.165) is 31.3 Å². The molecule has 14 heavy (non-hydrogen) atoms. The lowest BCUT2D eigenvalue weighted by Crippen LogP contribution is -2.23. The Labute approximate surface area is 86.6 Å². The molecule has 2 rings (SSSR count). The second-order valence-corrected chi connectivity index (χ2v) is 4.67. The van der Waals surface area contributed by atoms with E-state index in [1.807, 2.05) is 0 Å². The van der Waals surface area contributed by atoms with Crippen LogP contribution in [0.15, 0.2) is 11.6 Å². The molecule has 0 atom stereocenters. The van der Waals surface area contributed by atoms with E-state index in [-0.39, 0.29) is 0 Å². The highest BCUT2D eigenvalue weighted by Crippen LogP contribution is 2.31. The van der Waals surface area contributed by atoms with Gasteiger partial charge in [-0.15, -0.1) is 0 Å². The van der Waals surface area contributed by atoms with Crippen LogP contribution in [0.2, 0.25) is 0 Å². The molecule has 78 valence electrons. The van der Waals surface area contributed by atoms with Gasteiger partial charge in [-0.25, -0.2) is 0 Å². The molecule has 0 radical (unpaired) electrons. The molecule has 0 aromatic carbocycles. The first kappa shape index (κ1) is 9.95. The third kappa shape index (κ3) is 2.26. The Bertz CT molecular complexity index is 236. The predicted molar refractivity (Wildman–Crippen MR) is 58.1 cm³/mol. The van der Waals surface area contributed by atoms with E-state index in [1.165, 1.54) is 32.1 Å². The summed E-state index contributed by atoms with van der Waals surface area (Å²) in [4.78, 5) is 12.0. The number of carbonyl (C=O) groups excluding carboxylic acids is 1. The Morgan fingerprint density at radius 3 is 2.57 bits per heavy atom. The number of rotatable bonds is 2. The second kappa shape index (κ2) is 4.77. The molecule has 2 aliphatic rings. The summed E-state index contributed by atoms with van der Waals surface area (Å²) in [5.41, 5.74) is 1.16. The van der Waals surface area contributed by atoms with Crippen LogP contribution >= 0.6 is 0 Å². The minimum absolute atomic E-state index is 0.403. The molecule has 2 aliphatic carbocycles. The maximum atomic E-state index is 12.0. The molecule has 0 unspecified atom stereocenters. The summed E-state index contributed by atoms with van der Waals surface area (Å²) in [6.45, 7) is 0. The lowest BCUT2D eigenvalue weighted by atomic mass is 9.78. The van der Waals surface area contributed by atoms with Crippen molar-refractivity contribution < 1.29 is 4.79 Å². The van der Waals surface area contributed by atoms with Gasteiger partial charge in [0.1, 0.15) is 0 Å². The summed E-state index contributed by atoms with van der Waals surface area (Å²) in [6, 6.07) is 0. The van der Waals surface area contributed by atoms with E-state index in [9.17, 15) is 4.79 Å². The van der Waals surface area contributed by atoms with Gasteiger partial charge >= 0.3 is 0 Å². The summed E-state index contributed by atoms with van der Waals surface area (Å²) in [6.07, 6.45) is 13.1. The average Bonchev–Trinajstić information content (AvgIpc) is 1.99. The third-order valence-electron chi connectivity index (χ3n) is 3.58. The molecule has 0 aliphatic heterocycles. The van der Waals surface area contributed by atoms with Gasteiger partial charge in [0.2, 0.25) is 0 Å². The van der Waals surface area contributed by atoms with Crippen molar-refractivity contribution in [3.05, 3.63) is 11.6 Å². The monoisotopic (exact) mass is 192 g/mol. The maximum Gasteiger partial charge on any atom is 0.161 e. The lowest BCUT2D eigenvalue weighted by molar-refractivity contribution is -0.121. The fraction of sp³-hybridized carbons (Fsp3) is 0.769. The molecule has 0 spiro atoms. The Morgan fingerprint density at radius 1 is 1.07 bits per heavy atom. The van der Waals surface area contributed by atoms with E-state index < -0.39 is 0 Å². The van der Waals surface area contributed by atoms with Crippen LogP contribution in [-0.2, 0) is 4.79 Å². The standard InChI is InChI=1S/C13H20O/c14-13(12-9-6-10-12)11-7-4-2-1-3-5-8-11/h7,12H,1-6,8-10H2. The van der Waals surface area contributed by atoms with Crippen molar-refractivity contribution in [2.45, 2.75) is 57.8 Å². The van der Waals surface area contributed by atoms with E-state index in [4.69, 9.17) is 0 Å². The molecule has 1 saturated carbocycles. The molecule has 0 heterocycles. The Morgan fingerprint density at radius 2 is 1.86 bits per heavy atom. The first-order valence-electron chi connectivity index (χ1n) is 6.11. The third-order valence-corrected chi connectivity index (χ3v) is 3.58. The molecule has 0 amide bonds. The quantitative estimate of drug-likeness (QED) is 0.653. The van der Waals surface area contributed by atoms with Crippen molar-refractivity contribution in [3.63, 3.8) is 0 Å². The van der Waals surface area contributed by atoms with E-state index >= 15 is 0 Å². The van der Waals surface area contributed by atoms with E-state index in [0.29, 0.717) is 11.7 Å². The van der Waals surface area contributed by atoms with Gasteiger partial charge in [0.15, 0.2) is 5.78 Å². The second-order valence-electron chi connectivity index (χ2n) is 4.67. The number of hydrogen-bond acceptors (Lipinski definition) is 1. The summed E-state index contributed by atoms with van der Waals surface area (Å²) in [5.74, 6) is 0.888. The van der Waals surface area contributed by atoms with Gasteiger partial charge in [0.05, 0.1) is 0 Å². The fourth-order valence-electron chi connectivity index (χ4n) is 2.35. The van der Waals surface area contributed by atoms with Crippen molar-refractivity contribution in [1.29, 1.82) is 0 Å². The van der Waals surface area contributed by atoms with Gasteiger partial charge in [-0.2, -0.15) is 0 Å². The van der Waals surface area contributed by atoms with Crippen LogP contribution in [0.5, 0.6) is 0 Å². The minimum Gasteiger partial charge on any atom is -0.294 e. The largest absolute Gasteiger partial charge is 0.294 e. The summed E-state index contributed by atoms with van der Waals surface area (Å²) < 4.78 is 0. The highest BCUT2D eigenvalue weighted by molar-refractivity contribution is 5.97. The van der Waals surface area contributed by atoms with Crippen LogP contribution in [0.25, 0.3) is 0 Å². The van der Waals surface area contributed by atoms with E-state index in [1.54, 1.807) is 0 Å². The van der Waals surface area contributed by atoms with Gasteiger partial charge in [0, 0.05) is 5.92 Å². The van der Waals surface area contributed by atoms with Crippen LogP contribution in [-0.4, -0.2) is 5.78 Å².